The average Bonchev–Trinajstić information content (AvgIpc) is 3.01. The molecule has 0 saturated carbocycles. The number of hydrogen-bond acceptors (Lipinski definition) is 5. The third kappa shape index (κ3) is 3.02. The molecule has 3 aromatic rings. The van der Waals surface area contributed by atoms with E-state index in [9.17, 15) is 13.7 Å². The molecular weight excluding hydrogens is 350 g/mol. The van der Waals surface area contributed by atoms with Crippen molar-refractivity contribution in [2.24, 2.45) is 0 Å². The highest BCUT2D eigenvalue weighted by atomic mass is 32.2. The summed E-state index contributed by atoms with van der Waals surface area (Å²) < 4.78 is 29.2. The quantitative estimate of drug-likeness (QED) is 0.645. The molecule has 0 bridgehead atoms. The Kier molecular flexibility index (Phi) is 4.66. The monoisotopic (exact) mass is 369 g/mol. The number of nitriles is 1. The number of nitrogens with zero attached hydrogens (tertiary/aromatic N) is 5. The van der Waals surface area contributed by atoms with Crippen molar-refractivity contribution in [3.8, 4) is 6.07 Å². The van der Waals surface area contributed by atoms with Gasteiger partial charge in [-0.15, -0.1) is 10.2 Å². The smallest absolute Gasteiger partial charge is 0.269 e. The zero-order valence-corrected chi connectivity index (χ0v) is 15.6. The second kappa shape index (κ2) is 6.77. The molecule has 0 saturated heterocycles. The van der Waals surface area contributed by atoms with Crippen molar-refractivity contribution in [1.82, 2.24) is 14.6 Å². The summed E-state index contributed by atoms with van der Waals surface area (Å²) in [4.78, 5) is 0.0174. The highest BCUT2D eigenvalue weighted by Crippen LogP contribution is 2.27. The third-order valence-corrected chi connectivity index (χ3v) is 5.99. The largest absolute Gasteiger partial charge is 0.286 e. The summed E-state index contributed by atoms with van der Waals surface area (Å²) in [6.45, 7) is 5.58. The van der Waals surface area contributed by atoms with Gasteiger partial charge in [0.1, 0.15) is 17.3 Å². The molecule has 1 aromatic carbocycles. The lowest BCUT2D eigenvalue weighted by Crippen LogP contribution is -2.31. The topological polar surface area (TPSA) is 91.4 Å². The van der Waals surface area contributed by atoms with E-state index in [0.717, 1.165) is 9.87 Å². The van der Waals surface area contributed by atoms with Crippen molar-refractivity contribution < 1.29 is 8.42 Å². The molecular formula is C18H19N5O2S. The molecule has 134 valence electrons. The number of anilines is 1. The molecule has 0 radical (unpaired) electrons. The molecule has 0 aliphatic heterocycles. The minimum atomic E-state index is -3.98. The maximum Gasteiger partial charge on any atom is 0.269 e. The lowest BCUT2D eigenvalue weighted by Gasteiger charge is -2.22. The van der Waals surface area contributed by atoms with Crippen LogP contribution in [0.5, 0.6) is 0 Å². The normalized spacial score (nSPS) is 11.7. The second-order valence-electron chi connectivity index (χ2n) is 6.23. The van der Waals surface area contributed by atoms with Gasteiger partial charge in [-0.25, -0.2) is 8.42 Å². The molecule has 7 nitrogen and oxygen atoms in total. The molecule has 2 heterocycles. The molecule has 0 aliphatic carbocycles. The van der Waals surface area contributed by atoms with E-state index in [1.54, 1.807) is 35.7 Å². The molecule has 0 fully saturated rings. The Hall–Kier alpha value is -2.92. The lowest BCUT2D eigenvalue weighted by atomic mass is 10.0. The number of rotatable bonds is 5. The van der Waals surface area contributed by atoms with E-state index in [-0.39, 0.29) is 17.1 Å². The number of aryl methyl sites for hydroxylation is 1. The summed E-state index contributed by atoms with van der Waals surface area (Å²) in [5.41, 5.74) is 1.78. The summed E-state index contributed by atoms with van der Waals surface area (Å²) in [7, 11) is -3.98. The fourth-order valence-electron chi connectivity index (χ4n) is 2.73. The minimum Gasteiger partial charge on any atom is -0.286 e. The van der Waals surface area contributed by atoms with Crippen molar-refractivity contribution in [3.63, 3.8) is 0 Å². The SMILES string of the molecule is Cc1nnc2c(S(=O)(=O)N(CC#N)c3ccc(C(C)C)cc3)cccn12. The number of hydrogen-bond donors (Lipinski definition) is 0. The number of benzene rings is 1. The molecule has 0 atom stereocenters. The molecule has 0 spiro atoms. The Morgan fingerprint density at radius 3 is 2.50 bits per heavy atom. The van der Waals surface area contributed by atoms with Crippen LogP contribution in [0.3, 0.4) is 0 Å². The summed E-state index contributed by atoms with van der Waals surface area (Å²) in [6, 6.07) is 12.2. The van der Waals surface area contributed by atoms with Crippen LogP contribution in [0.4, 0.5) is 5.69 Å². The first kappa shape index (κ1) is 17.9. The highest BCUT2D eigenvalue weighted by molar-refractivity contribution is 7.93. The van der Waals surface area contributed by atoms with Gasteiger partial charge in [0.05, 0.1) is 11.8 Å². The zero-order chi connectivity index (χ0) is 18.9. The molecule has 0 unspecified atom stereocenters. The molecule has 8 heteroatoms. The average molecular weight is 369 g/mol. The van der Waals surface area contributed by atoms with E-state index in [4.69, 9.17) is 0 Å². The van der Waals surface area contributed by atoms with Crippen molar-refractivity contribution in [2.45, 2.75) is 31.6 Å². The van der Waals surface area contributed by atoms with E-state index in [0.29, 0.717) is 17.4 Å². The van der Waals surface area contributed by atoms with E-state index in [1.165, 1.54) is 6.07 Å². The van der Waals surface area contributed by atoms with Crippen LogP contribution in [0, 0.1) is 18.3 Å². The van der Waals surface area contributed by atoms with Crippen molar-refractivity contribution in [1.29, 1.82) is 5.26 Å². The zero-order valence-electron chi connectivity index (χ0n) is 14.8. The van der Waals surface area contributed by atoms with Crippen LogP contribution in [-0.4, -0.2) is 29.6 Å². The van der Waals surface area contributed by atoms with Gasteiger partial charge in [0.25, 0.3) is 10.0 Å². The van der Waals surface area contributed by atoms with Gasteiger partial charge >= 0.3 is 0 Å². The maximum atomic E-state index is 13.3. The van der Waals surface area contributed by atoms with Gasteiger partial charge in [0, 0.05) is 6.20 Å². The molecule has 0 amide bonds. The van der Waals surface area contributed by atoms with Gasteiger partial charge in [-0.3, -0.25) is 8.71 Å². The summed E-state index contributed by atoms with van der Waals surface area (Å²) in [5.74, 6) is 0.919. The van der Waals surface area contributed by atoms with Crippen LogP contribution in [0.25, 0.3) is 5.65 Å². The first-order valence-corrected chi connectivity index (χ1v) is 9.60. The van der Waals surface area contributed by atoms with Gasteiger partial charge < -0.3 is 0 Å². The van der Waals surface area contributed by atoms with Crippen molar-refractivity contribution in [3.05, 3.63) is 54.0 Å². The molecule has 0 aliphatic rings. The fourth-order valence-corrected chi connectivity index (χ4v) is 4.22. The minimum absolute atomic E-state index is 0.0174. The van der Waals surface area contributed by atoms with Gasteiger partial charge in [-0.2, -0.15) is 5.26 Å². The molecule has 2 aromatic heterocycles. The van der Waals surface area contributed by atoms with Gasteiger partial charge in [-0.05, 0) is 42.7 Å². The Balaban J connectivity index is 2.13. The van der Waals surface area contributed by atoms with E-state index in [1.807, 2.05) is 18.2 Å². The summed E-state index contributed by atoms with van der Waals surface area (Å²) in [5, 5.41) is 17.1. The second-order valence-corrected chi connectivity index (χ2v) is 8.06. The third-order valence-electron chi connectivity index (χ3n) is 4.20. The fraction of sp³-hybridized carbons (Fsp3) is 0.278. The van der Waals surface area contributed by atoms with Crippen molar-refractivity contribution in [2.75, 3.05) is 10.8 Å². The highest BCUT2D eigenvalue weighted by Gasteiger charge is 2.28. The first-order valence-electron chi connectivity index (χ1n) is 8.16. The van der Waals surface area contributed by atoms with Crippen LogP contribution in [0.2, 0.25) is 0 Å². The Morgan fingerprint density at radius 2 is 1.88 bits per heavy atom. The van der Waals surface area contributed by atoms with Crippen LogP contribution in [0.15, 0.2) is 47.5 Å². The predicted octanol–water partition coefficient (Wildman–Crippen LogP) is 2.88. The van der Waals surface area contributed by atoms with Gasteiger partial charge in [0.15, 0.2) is 5.65 Å². The summed E-state index contributed by atoms with van der Waals surface area (Å²) in [6.07, 6.45) is 1.70. The van der Waals surface area contributed by atoms with Crippen molar-refractivity contribution >= 4 is 21.4 Å². The summed E-state index contributed by atoms with van der Waals surface area (Å²) >= 11 is 0. The number of pyridine rings is 1. The predicted molar refractivity (Wildman–Crippen MR) is 98.4 cm³/mol. The number of sulfonamides is 1. The molecule has 3 rings (SSSR count). The van der Waals surface area contributed by atoms with E-state index >= 15 is 0 Å². The Labute approximate surface area is 152 Å². The Morgan fingerprint density at radius 1 is 1.19 bits per heavy atom. The first-order chi connectivity index (χ1) is 12.4. The van der Waals surface area contributed by atoms with Crippen LogP contribution in [-0.2, 0) is 10.0 Å². The maximum absolute atomic E-state index is 13.3. The number of aromatic nitrogens is 3. The van der Waals surface area contributed by atoms with E-state index < -0.39 is 10.0 Å². The lowest BCUT2D eigenvalue weighted by molar-refractivity contribution is 0.593. The van der Waals surface area contributed by atoms with Crippen LogP contribution >= 0.6 is 0 Å². The van der Waals surface area contributed by atoms with Gasteiger partial charge in [0.2, 0.25) is 0 Å². The van der Waals surface area contributed by atoms with Crippen LogP contribution < -0.4 is 4.31 Å². The molecule has 0 N–H and O–H groups in total. The molecule has 26 heavy (non-hydrogen) atoms. The Bertz CT molecular complexity index is 1080. The number of fused-ring (bicyclic) bond motifs is 1. The van der Waals surface area contributed by atoms with Gasteiger partial charge in [-0.1, -0.05) is 26.0 Å². The van der Waals surface area contributed by atoms with E-state index in [2.05, 4.69) is 24.0 Å². The standard InChI is InChI=1S/C18H19N5O2S/c1-13(2)15-6-8-16(9-7-15)23(12-10-19)26(24,25)17-5-4-11-22-14(3)20-21-18(17)22/h4-9,11,13H,12H2,1-3H3. The van der Waals surface area contributed by atoms with Crippen LogP contribution in [0.1, 0.15) is 31.2 Å².